The van der Waals surface area contributed by atoms with E-state index in [0.717, 1.165) is 11.1 Å². The number of rotatable bonds is 6. The van der Waals surface area contributed by atoms with Gasteiger partial charge in [-0.1, -0.05) is 36.4 Å². The zero-order chi connectivity index (χ0) is 17.6. The van der Waals surface area contributed by atoms with Crippen molar-refractivity contribution in [1.29, 1.82) is 5.26 Å². The SMILES string of the molecule is CC(C)N(Cc1nnc(-c2ccccc2)o1)Cc1ccccc1C#N. The summed E-state index contributed by atoms with van der Waals surface area (Å²) in [5, 5.41) is 17.6. The lowest BCUT2D eigenvalue weighted by Gasteiger charge is -2.25. The van der Waals surface area contributed by atoms with E-state index in [1.54, 1.807) is 0 Å². The van der Waals surface area contributed by atoms with Gasteiger partial charge in [0.1, 0.15) is 0 Å². The zero-order valence-electron chi connectivity index (χ0n) is 14.4. The van der Waals surface area contributed by atoms with Crippen molar-refractivity contribution in [3.8, 4) is 17.5 Å². The van der Waals surface area contributed by atoms with Crippen LogP contribution >= 0.6 is 0 Å². The summed E-state index contributed by atoms with van der Waals surface area (Å²) in [6.07, 6.45) is 0. The maximum atomic E-state index is 9.28. The fraction of sp³-hybridized carbons (Fsp3) is 0.250. The van der Waals surface area contributed by atoms with E-state index in [2.05, 4.69) is 35.0 Å². The van der Waals surface area contributed by atoms with Gasteiger partial charge in [0.25, 0.3) is 0 Å². The van der Waals surface area contributed by atoms with Crippen LogP contribution in [0.3, 0.4) is 0 Å². The molecule has 0 amide bonds. The van der Waals surface area contributed by atoms with Gasteiger partial charge in [-0.05, 0) is 37.6 Å². The fourth-order valence-corrected chi connectivity index (χ4v) is 2.60. The van der Waals surface area contributed by atoms with E-state index in [-0.39, 0.29) is 6.04 Å². The van der Waals surface area contributed by atoms with E-state index in [1.165, 1.54) is 0 Å². The van der Waals surface area contributed by atoms with Gasteiger partial charge in [0.2, 0.25) is 11.8 Å². The van der Waals surface area contributed by atoms with E-state index in [9.17, 15) is 5.26 Å². The van der Waals surface area contributed by atoms with Gasteiger partial charge in [-0.3, -0.25) is 4.90 Å². The first-order valence-corrected chi connectivity index (χ1v) is 8.27. The number of benzene rings is 2. The van der Waals surface area contributed by atoms with Crippen LogP contribution in [0.5, 0.6) is 0 Å². The quantitative estimate of drug-likeness (QED) is 0.682. The molecule has 0 spiro atoms. The highest BCUT2D eigenvalue weighted by Crippen LogP contribution is 2.20. The molecule has 0 fully saturated rings. The maximum absolute atomic E-state index is 9.28. The third-order valence-corrected chi connectivity index (χ3v) is 4.07. The van der Waals surface area contributed by atoms with Gasteiger partial charge in [-0.2, -0.15) is 5.26 Å². The van der Waals surface area contributed by atoms with Crippen LogP contribution in [0, 0.1) is 11.3 Å². The first kappa shape index (κ1) is 16.9. The van der Waals surface area contributed by atoms with Crippen LogP contribution in [0.4, 0.5) is 0 Å². The number of nitriles is 1. The smallest absolute Gasteiger partial charge is 0.247 e. The van der Waals surface area contributed by atoms with E-state index >= 15 is 0 Å². The van der Waals surface area contributed by atoms with Crippen molar-refractivity contribution in [2.75, 3.05) is 0 Å². The molecule has 2 aromatic carbocycles. The molecule has 0 N–H and O–H groups in total. The largest absolute Gasteiger partial charge is 0.419 e. The van der Waals surface area contributed by atoms with Crippen molar-refractivity contribution in [2.45, 2.75) is 33.0 Å². The third-order valence-electron chi connectivity index (χ3n) is 4.07. The predicted octanol–water partition coefficient (Wildman–Crippen LogP) is 4.02. The second kappa shape index (κ2) is 7.73. The highest BCUT2D eigenvalue weighted by Gasteiger charge is 2.17. The van der Waals surface area contributed by atoms with E-state index < -0.39 is 0 Å². The Morgan fingerprint density at radius 3 is 2.44 bits per heavy atom. The normalized spacial score (nSPS) is 11.0. The lowest BCUT2D eigenvalue weighted by Crippen LogP contribution is -2.30. The Labute approximate surface area is 147 Å². The van der Waals surface area contributed by atoms with Crippen molar-refractivity contribution >= 4 is 0 Å². The summed E-state index contributed by atoms with van der Waals surface area (Å²) in [7, 11) is 0. The average molecular weight is 332 g/mol. The molecule has 0 unspecified atom stereocenters. The fourth-order valence-electron chi connectivity index (χ4n) is 2.60. The number of hydrogen-bond acceptors (Lipinski definition) is 5. The Hall–Kier alpha value is -2.97. The minimum atomic E-state index is 0.277. The van der Waals surface area contributed by atoms with Crippen LogP contribution in [0.15, 0.2) is 59.0 Å². The van der Waals surface area contributed by atoms with Gasteiger partial charge in [0.05, 0.1) is 18.2 Å². The number of hydrogen-bond donors (Lipinski definition) is 0. The second-order valence-electron chi connectivity index (χ2n) is 6.13. The monoisotopic (exact) mass is 332 g/mol. The molecule has 0 aliphatic rings. The minimum absolute atomic E-state index is 0.277. The molecule has 0 saturated carbocycles. The predicted molar refractivity (Wildman–Crippen MR) is 95.3 cm³/mol. The molecule has 25 heavy (non-hydrogen) atoms. The minimum Gasteiger partial charge on any atom is -0.419 e. The van der Waals surface area contributed by atoms with Crippen molar-refractivity contribution in [3.05, 3.63) is 71.6 Å². The Kier molecular flexibility index (Phi) is 5.22. The summed E-state index contributed by atoms with van der Waals surface area (Å²) < 4.78 is 5.82. The highest BCUT2D eigenvalue weighted by molar-refractivity contribution is 5.51. The summed E-state index contributed by atoms with van der Waals surface area (Å²) in [5.74, 6) is 1.10. The summed E-state index contributed by atoms with van der Waals surface area (Å²) in [6, 6.07) is 19.9. The van der Waals surface area contributed by atoms with Gasteiger partial charge in [0.15, 0.2) is 0 Å². The molecule has 0 atom stereocenters. The molecular weight excluding hydrogens is 312 g/mol. The number of aromatic nitrogens is 2. The second-order valence-corrected chi connectivity index (χ2v) is 6.13. The molecule has 3 aromatic rings. The van der Waals surface area contributed by atoms with Gasteiger partial charge in [-0.25, -0.2) is 0 Å². The third kappa shape index (κ3) is 4.11. The zero-order valence-corrected chi connectivity index (χ0v) is 14.4. The summed E-state index contributed by atoms with van der Waals surface area (Å²) >= 11 is 0. The molecule has 0 bridgehead atoms. The molecule has 126 valence electrons. The maximum Gasteiger partial charge on any atom is 0.247 e. The molecule has 0 aliphatic carbocycles. The molecular formula is C20H20N4O. The van der Waals surface area contributed by atoms with Crippen LogP contribution in [0.25, 0.3) is 11.5 Å². The van der Waals surface area contributed by atoms with Gasteiger partial charge in [-0.15, -0.1) is 10.2 Å². The Bertz CT molecular complexity index is 865. The summed E-state index contributed by atoms with van der Waals surface area (Å²) in [6.45, 7) is 5.43. The molecule has 5 nitrogen and oxygen atoms in total. The van der Waals surface area contributed by atoms with Crippen LogP contribution in [-0.4, -0.2) is 21.1 Å². The lowest BCUT2D eigenvalue weighted by atomic mass is 10.1. The molecule has 1 heterocycles. The lowest BCUT2D eigenvalue weighted by molar-refractivity contribution is 0.184. The molecule has 0 aliphatic heterocycles. The summed E-state index contributed by atoms with van der Waals surface area (Å²) in [5.41, 5.74) is 2.61. The Morgan fingerprint density at radius 1 is 1.00 bits per heavy atom. The van der Waals surface area contributed by atoms with Crippen LogP contribution < -0.4 is 0 Å². The van der Waals surface area contributed by atoms with E-state index in [4.69, 9.17) is 4.42 Å². The van der Waals surface area contributed by atoms with Crippen molar-refractivity contribution in [3.63, 3.8) is 0 Å². The topological polar surface area (TPSA) is 66.0 Å². The van der Waals surface area contributed by atoms with Crippen LogP contribution in [0.2, 0.25) is 0 Å². The van der Waals surface area contributed by atoms with E-state index in [1.807, 2.05) is 54.6 Å². The first-order chi connectivity index (χ1) is 12.2. The highest BCUT2D eigenvalue weighted by atomic mass is 16.4. The van der Waals surface area contributed by atoms with Crippen LogP contribution in [0.1, 0.15) is 30.9 Å². The van der Waals surface area contributed by atoms with E-state index in [0.29, 0.717) is 30.4 Å². The standard InChI is InChI=1S/C20H20N4O/c1-15(2)24(13-18-11-7-6-10-17(18)12-21)14-19-22-23-20(25-19)16-8-4-3-5-9-16/h3-11,15H,13-14H2,1-2H3. The van der Waals surface area contributed by atoms with Gasteiger partial charge >= 0.3 is 0 Å². The van der Waals surface area contributed by atoms with Crippen LogP contribution in [-0.2, 0) is 13.1 Å². The van der Waals surface area contributed by atoms with Crippen molar-refractivity contribution in [1.82, 2.24) is 15.1 Å². The van der Waals surface area contributed by atoms with Crippen molar-refractivity contribution < 1.29 is 4.42 Å². The molecule has 1 aromatic heterocycles. The number of nitrogens with zero attached hydrogens (tertiary/aromatic N) is 4. The molecule has 0 saturated heterocycles. The first-order valence-electron chi connectivity index (χ1n) is 8.27. The molecule has 3 rings (SSSR count). The molecule has 0 radical (unpaired) electrons. The Morgan fingerprint density at radius 2 is 1.72 bits per heavy atom. The molecule has 5 heteroatoms. The van der Waals surface area contributed by atoms with Gasteiger partial charge < -0.3 is 4.42 Å². The summed E-state index contributed by atoms with van der Waals surface area (Å²) in [4.78, 5) is 2.21. The van der Waals surface area contributed by atoms with Crippen molar-refractivity contribution in [2.24, 2.45) is 0 Å². The Balaban J connectivity index is 1.77. The van der Waals surface area contributed by atoms with Gasteiger partial charge in [0, 0.05) is 18.2 Å². The average Bonchev–Trinajstić information content (AvgIpc) is 3.11.